The number of carbonyl (C=O) groups excluding carboxylic acids is 1. The third-order valence-corrected chi connectivity index (χ3v) is 9.50. The van der Waals surface area contributed by atoms with Crippen LogP contribution in [0.2, 0.25) is 0 Å². The van der Waals surface area contributed by atoms with E-state index in [9.17, 15) is 14.4 Å². The molecule has 0 bridgehead atoms. The van der Waals surface area contributed by atoms with Crippen LogP contribution in [-0.4, -0.2) is 89.1 Å². The van der Waals surface area contributed by atoms with Gasteiger partial charge in [0, 0.05) is 55.4 Å². The molecule has 5 heterocycles. The number of likely N-dealkylation sites (tertiary alicyclic amines) is 1. The predicted molar refractivity (Wildman–Crippen MR) is 162 cm³/mol. The van der Waals surface area contributed by atoms with Crippen LogP contribution < -0.4 is 14.5 Å². The van der Waals surface area contributed by atoms with E-state index in [1.54, 1.807) is 0 Å². The molecule has 2 saturated heterocycles. The minimum atomic E-state index is -1.00. The van der Waals surface area contributed by atoms with Crippen molar-refractivity contribution in [2.75, 3.05) is 56.2 Å². The SMILES string of the molecule is C=C(F)C(=O)N1CCN(c2nc(OC[C@@H]3CCCN3C)nc3c2CCN(c2ccnc4c2CCCCC4)C3)C[C@@H]1CC#N. The number of hydrogen-bond acceptors (Lipinski definition) is 9. The van der Waals surface area contributed by atoms with Crippen molar-refractivity contribution in [2.45, 2.75) is 76.4 Å². The normalized spacial score (nSPS) is 22.4. The van der Waals surface area contributed by atoms with Gasteiger partial charge in [0.05, 0.1) is 30.8 Å². The Morgan fingerprint density at radius 3 is 2.70 bits per heavy atom. The number of halogens is 1. The summed E-state index contributed by atoms with van der Waals surface area (Å²) in [7, 11) is 2.12. The van der Waals surface area contributed by atoms with Crippen molar-refractivity contribution >= 4 is 17.4 Å². The molecule has 0 radical (unpaired) electrons. The lowest BCUT2D eigenvalue weighted by Crippen LogP contribution is -2.55. The van der Waals surface area contributed by atoms with E-state index in [0.29, 0.717) is 38.3 Å². The van der Waals surface area contributed by atoms with Crippen molar-refractivity contribution in [3.05, 3.63) is 47.2 Å². The number of ether oxygens (including phenoxy) is 1. The number of anilines is 2. The standard InChI is InChI=1S/C32H41FN8O2/c1-22(33)31(42)41-18-17-40(19-23(41)10-13-34)30-26-12-16-39(29-11-14-35-27-9-5-3-4-8-25(27)29)20-28(26)36-32(37-30)43-21-24-7-6-15-38(24)2/h11,14,23-24H,1,3-10,12,15-21H2,2H3/t23-,24-/m0/s1. The first kappa shape index (κ1) is 29.3. The molecule has 0 aromatic carbocycles. The van der Waals surface area contributed by atoms with Gasteiger partial charge in [-0.25, -0.2) is 4.39 Å². The van der Waals surface area contributed by atoms with E-state index in [1.807, 2.05) is 6.20 Å². The number of piperazine rings is 1. The molecule has 10 nitrogen and oxygen atoms in total. The van der Waals surface area contributed by atoms with Gasteiger partial charge in [0.15, 0.2) is 5.83 Å². The largest absolute Gasteiger partial charge is 0.462 e. The molecule has 4 aliphatic rings. The van der Waals surface area contributed by atoms with Crippen molar-refractivity contribution in [1.29, 1.82) is 5.26 Å². The number of pyridine rings is 1. The second kappa shape index (κ2) is 12.8. The number of nitrogens with zero attached hydrogens (tertiary/aromatic N) is 8. The maximum atomic E-state index is 13.8. The maximum absolute atomic E-state index is 13.8. The maximum Gasteiger partial charge on any atom is 0.318 e. The highest BCUT2D eigenvalue weighted by Crippen LogP contribution is 2.35. The van der Waals surface area contributed by atoms with E-state index in [1.165, 1.54) is 41.1 Å². The Hall–Kier alpha value is -3.78. The summed E-state index contributed by atoms with van der Waals surface area (Å²) < 4.78 is 20.1. The number of fused-ring (bicyclic) bond motifs is 2. The number of aryl methyl sites for hydroxylation is 1. The van der Waals surface area contributed by atoms with Gasteiger partial charge in [0.2, 0.25) is 0 Å². The summed E-state index contributed by atoms with van der Waals surface area (Å²) >= 11 is 0. The van der Waals surface area contributed by atoms with Crippen LogP contribution in [0.1, 0.15) is 61.0 Å². The van der Waals surface area contributed by atoms with Gasteiger partial charge in [0.25, 0.3) is 5.91 Å². The van der Waals surface area contributed by atoms with Gasteiger partial charge in [-0.2, -0.15) is 15.2 Å². The summed E-state index contributed by atoms with van der Waals surface area (Å²) in [4.78, 5) is 35.4. The molecule has 1 aliphatic carbocycles. The van der Waals surface area contributed by atoms with E-state index >= 15 is 0 Å². The molecule has 0 N–H and O–H groups in total. The smallest absolute Gasteiger partial charge is 0.318 e. The summed E-state index contributed by atoms with van der Waals surface area (Å²) in [5, 5.41) is 9.50. The third-order valence-electron chi connectivity index (χ3n) is 9.50. The summed E-state index contributed by atoms with van der Waals surface area (Å²) in [6, 6.07) is 4.54. The molecule has 2 atom stereocenters. The Morgan fingerprint density at radius 1 is 1.05 bits per heavy atom. The fourth-order valence-corrected chi connectivity index (χ4v) is 7.11. The zero-order chi connectivity index (χ0) is 29.9. The topological polar surface area (TPSA) is 102 Å². The predicted octanol–water partition coefficient (Wildman–Crippen LogP) is 3.59. The van der Waals surface area contributed by atoms with Crippen molar-refractivity contribution < 1.29 is 13.9 Å². The van der Waals surface area contributed by atoms with Gasteiger partial charge < -0.3 is 24.3 Å². The zero-order valence-corrected chi connectivity index (χ0v) is 25.1. The zero-order valence-electron chi connectivity index (χ0n) is 25.1. The molecule has 0 unspecified atom stereocenters. The van der Waals surface area contributed by atoms with Crippen LogP contribution in [0.15, 0.2) is 24.7 Å². The van der Waals surface area contributed by atoms with Crippen LogP contribution in [0.4, 0.5) is 15.9 Å². The van der Waals surface area contributed by atoms with E-state index in [-0.39, 0.29) is 13.0 Å². The molecule has 2 aromatic heterocycles. The molecule has 43 heavy (non-hydrogen) atoms. The average Bonchev–Trinajstić information content (AvgIpc) is 3.27. The van der Waals surface area contributed by atoms with Crippen LogP contribution in [0.5, 0.6) is 6.01 Å². The average molecular weight is 589 g/mol. The lowest BCUT2D eigenvalue weighted by molar-refractivity contribution is -0.131. The Labute approximate surface area is 253 Å². The molecule has 11 heteroatoms. The van der Waals surface area contributed by atoms with Gasteiger partial charge in [-0.3, -0.25) is 9.78 Å². The molecule has 1 amide bonds. The molecule has 3 aliphatic heterocycles. The first-order chi connectivity index (χ1) is 20.9. The third kappa shape index (κ3) is 6.16. The molecular formula is C32H41FN8O2. The highest BCUT2D eigenvalue weighted by molar-refractivity contribution is 5.91. The molecule has 6 rings (SSSR count). The minimum absolute atomic E-state index is 0.0983. The fourth-order valence-electron chi connectivity index (χ4n) is 7.11. The van der Waals surface area contributed by atoms with Crippen molar-refractivity contribution in [3.8, 4) is 12.1 Å². The van der Waals surface area contributed by atoms with Gasteiger partial charge in [-0.05, 0) is 70.2 Å². The first-order valence-corrected chi connectivity index (χ1v) is 15.6. The molecule has 0 spiro atoms. The lowest BCUT2D eigenvalue weighted by atomic mass is 10.00. The molecule has 228 valence electrons. The van der Waals surface area contributed by atoms with Gasteiger partial charge >= 0.3 is 6.01 Å². The Kier molecular flexibility index (Phi) is 8.75. The minimum Gasteiger partial charge on any atom is -0.462 e. The summed E-state index contributed by atoms with van der Waals surface area (Å²) in [6.07, 6.45) is 10.7. The number of likely N-dealkylation sites (N-methyl/N-ethyl adjacent to an activating group) is 1. The second-order valence-electron chi connectivity index (χ2n) is 12.2. The number of carbonyl (C=O) groups is 1. The summed E-state index contributed by atoms with van der Waals surface area (Å²) in [5.41, 5.74) is 5.86. The van der Waals surface area contributed by atoms with Crippen LogP contribution in [0.3, 0.4) is 0 Å². The molecule has 2 fully saturated rings. The van der Waals surface area contributed by atoms with E-state index < -0.39 is 17.8 Å². The van der Waals surface area contributed by atoms with Crippen LogP contribution in [-0.2, 0) is 30.6 Å². The Morgan fingerprint density at radius 2 is 1.91 bits per heavy atom. The van der Waals surface area contributed by atoms with Gasteiger partial charge in [0.1, 0.15) is 12.4 Å². The monoisotopic (exact) mass is 588 g/mol. The van der Waals surface area contributed by atoms with E-state index in [4.69, 9.17) is 19.7 Å². The van der Waals surface area contributed by atoms with E-state index in [2.05, 4.69) is 40.5 Å². The number of amides is 1. The van der Waals surface area contributed by atoms with Crippen LogP contribution in [0, 0.1) is 11.3 Å². The van der Waals surface area contributed by atoms with Gasteiger partial charge in [-0.15, -0.1) is 0 Å². The van der Waals surface area contributed by atoms with Crippen LogP contribution in [0.25, 0.3) is 0 Å². The fraction of sp³-hybridized carbons (Fsp3) is 0.594. The van der Waals surface area contributed by atoms with Crippen molar-refractivity contribution in [2.24, 2.45) is 0 Å². The van der Waals surface area contributed by atoms with Crippen molar-refractivity contribution in [3.63, 3.8) is 0 Å². The van der Waals surface area contributed by atoms with E-state index in [0.717, 1.165) is 62.3 Å². The number of aromatic nitrogens is 3. The Bertz CT molecular complexity index is 1410. The molecule has 0 saturated carbocycles. The quantitative estimate of drug-likeness (QED) is 0.355. The molecule has 2 aromatic rings. The lowest BCUT2D eigenvalue weighted by Gasteiger charge is -2.42. The molecular weight excluding hydrogens is 547 g/mol. The number of hydrogen-bond donors (Lipinski definition) is 0. The first-order valence-electron chi connectivity index (χ1n) is 15.6. The van der Waals surface area contributed by atoms with Gasteiger partial charge in [-0.1, -0.05) is 13.0 Å². The van der Waals surface area contributed by atoms with Crippen LogP contribution >= 0.6 is 0 Å². The number of rotatable bonds is 7. The highest BCUT2D eigenvalue weighted by atomic mass is 19.1. The second-order valence-corrected chi connectivity index (χ2v) is 12.2. The number of nitriles is 1. The van der Waals surface area contributed by atoms with Crippen molar-refractivity contribution in [1.82, 2.24) is 24.8 Å². The summed E-state index contributed by atoms with van der Waals surface area (Å²) in [5.74, 6) is -0.957. The summed E-state index contributed by atoms with van der Waals surface area (Å²) in [6.45, 7) is 7.37. The Balaban J connectivity index is 1.31. The highest BCUT2D eigenvalue weighted by Gasteiger charge is 2.35.